The maximum atomic E-state index is 12.7. The maximum absolute atomic E-state index is 12.7. The normalized spacial score (nSPS) is 15.0. The third-order valence-electron chi connectivity index (χ3n) is 4.84. The molecule has 7 nitrogen and oxygen atoms in total. The van der Waals surface area contributed by atoms with E-state index in [4.69, 9.17) is 0 Å². The number of aromatic nitrogens is 3. The molecule has 9 heteroatoms. The van der Waals surface area contributed by atoms with Gasteiger partial charge in [0.1, 0.15) is 11.6 Å². The Morgan fingerprint density at radius 2 is 1.79 bits per heavy atom. The predicted octanol–water partition coefficient (Wildman–Crippen LogP) is 2.68. The summed E-state index contributed by atoms with van der Waals surface area (Å²) in [6.07, 6.45) is 3.30. The summed E-state index contributed by atoms with van der Waals surface area (Å²) in [5, 5.41) is 8.82. The van der Waals surface area contributed by atoms with Crippen molar-refractivity contribution in [3.05, 3.63) is 35.7 Å². The highest BCUT2D eigenvalue weighted by Crippen LogP contribution is 2.22. The Morgan fingerprint density at radius 1 is 1.11 bits per heavy atom. The lowest BCUT2D eigenvalue weighted by atomic mass is 10.1. The molecule has 2 heterocycles. The Kier molecular flexibility index (Phi) is 6.77. The molecule has 2 aromatic rings. The highest BCUT2D eigenvalue weighted by atomic mass is 32.2. The van der Waals surface area contributed by atoms with E-state index in [1.54, 1.807) is 28.8 Å². The van der Waals surface area contributed by atoms with Gasteiger partial charge in [0.25, 0.3) is 0 Å². The first-order valence-electron chi connectivity index (χ1n) is 9.53. The molecule has 0 saturated carbocycles. The number of nitrogens with zero attached hydrogens (tertiary/aromatic N) is 4. The number of rotatable bonds is 7. The lowest BCUT2D eigenvalue weighted by Gasteiger charge is -2.26. The molecule has 1 aromatic carbocycles. The van der Waals surface area contributed by atoms with Gasteiger partial charge in [-0.1, -0.05) is 29.5 Å². The minimum Gasteiger partial charge on any atom is -0.342 e. The molecule has 1 fully saturated rings. The van der Waals surface area contributed by atoms with E-state index in [-0.39, 0.29) is 16.6 Å². The summed E-state index contributed by atoms with van der Waals surface area (Å²) in [5.74, 6) is 0.584. The number of sulfone groups is 1. The Morgan fingerprint density at radius 3 is 2.43 bits per heavy atom. The second kappa shape index (κ2) is 9.09. The average Bonchev–Trinajstić information content (AvgIpc) is 3.07. The molecule has 1 aliphatic heterocycles. The van der Waals surface area contributed by atoms with Gasteiger partial charge in [0.15, 0.2) is 15.0 Å². The minimum atomic E-state index is -3.51. The third-order valence-corrected chi connectivity index (χ3v) is 7.42. The molecule has 0 radical (unpaired) electrons. The van der Waals surface area contributed by atoms with Crippen molar-refractivity contribution in [1.82, 2.24) is 19.7 Å². The smallest absolute Gasteiger partial charge is 0.233 e. The highest BCUT2D eigenvalue weighted by molar-refractivity contribution is 7.99. The standard InChI is InChI=1S/C19H26N4O3S2/c1-3-23-17(14-28(25,26)16-9-7-15(2)8-10-16)20-21-19(23)27-13-18(24)22-11-5-4-6-12-22/h7-10H,3-6,11-14H2,1-2H3. The Bertz CT molecular complexity index is 917. The molecule has 152 valence electrons. The number of amides is 1. The minimum absolute atomic E-state index is 0.101. The van der Waals surface area contributed by atoms with Crippen molar-refractivity contribution < 1.29 is 13.2 Å². The van der Waals surface area contributed by atoms with Gasteiger partial charge in [0.05, 0.1) is 10.6 Å². The second-order valence-corrected chi connectivity index (χ2v) is 9.88. The fourth-order valence-electron chi connectivity index (χ4n) is 3.21. The predicted molar refractivity (Wildman–Crippen MR) is 109 cm³/mol. The van der Waals surface area contributed by atoms with Crippen LogP contribution in [-0.2, 0) is 26.9 Å². The first-order chi connectivity index (χ1) is 13.4. The van der Waals surface area contributed by atoms with Crippen LogP contribution in [0.15, 0.2) is 34.3 Å². The number of thioether (sulfide) groups is 1. The molecule has 28 heavy (non-hydrogen) atoms. The monoisotopic (exact) mass is 422 g/mol. The average molecular weight is 423 g/mol. The molecule has 1 aliphatic rings. The molecule has 0 atom stereocenters. The van der Waals surface area contributed by atoms with Gasteiger partial charge in [0, 0.05) is 19.6 Å². The molecular formula is C19H26N4O3S2. The summed E-state index contributed by atoms with van der Waals surface area (Å²) < 4.78 is 27.2. The van der Waals surface area contributed by atoms with Crippen molar-refractivity contribution in [3.63, 3.8) is 0 Å². The zero-order valence-electron chi connectivity index (χ0n) is 16.3. The van der Waals surface area contributed by atoms with Crippen LogP contribution in [0.1, 0.15) is 37.6 Å². The van der Waals surface area contributed by atoms with Gasteiger partial charge >= 0.3 is 0 Å². The summed E-state index contributed by atoms with van der Waals surface area (Å²) in [4.78, 5) is 14.5. The molecule has 0 bridgehead atoms. The van der Waals surface area contributed by atoms with Crippen LogP contribution in [0.25, 0.3) is 0 Å². The van der Waals surface area contributed by atoms with E-state index in [0.29, 0.717) is 23.3 Å². The van der Waals surface area contributed by atoms with E-state index in [2.05, 4.69) is 10.2 Å². The van der Waals surface area contributed by atoms with Crippen molar-refractivity contribution >= 4 is 27.5 Å². The Labute approximate surface area is 170 Å². The van der Waals surface area contributed by atoms with Gasteiger partial charge in [-0.15, -0.1) is 10.2 Å². The Hall–Kier alpha value is -1.87. The van der Waals surface area contributed by atoms with Crippen LogP contribution >= 0.6 is 11.8 Å². The van der Waals surface area contributed by atoms with Crippen LogP contribution in [0.2, 0.25) is 0 Å². The zero-order valence-corrected chi connectivity index (χ0v) is 17.9. The molecule has 0 spiro atoms. The van der Waals surface area contributed by atoms with Crippen LogP contribution in [-0.4, -0.2) is 52.8 Å². The van der Waals surface area contributed by atoms with E-state index in [9.17, 15) is 13.2 Å². The van der Waals surface area contributed by atoms with Crippen molar-refractivity contribution in [2.75, 3.05) is 18.8 Å². The number of hydrogen-bond donors (Lipinski definition) is 0. The fourth-order valence-corrected chi connectivity index (χ4v) is 5.40. The second-order valence-electron chi connectivity index (χ2n) is 6.95. The number of carbonyl (C=O) groups excluding carboxylic acids is 1. The largest absolute Gasteiger partial charge is 0.342 e. The fraction of sp³-hybridized carbons (Fsp3) is 0.526. The van der Waals surface area contributed by atoms with Crippen LogP contribution < -0.4 is 0 Å². The molecule has 0 unspecified atom stereocenters. The van der Waals surface area contributed by atoms with Gasteiger partial charge in [-0.25, -0.2) is 8.42 Å². The van der Waals surface area contributed by atoms with Crippen LogP contribution in [0.3, 0.4) is 0 Å². The van der Waals surface area contributed by atoms with Gasteiger partial charge in [-0.3, -0.25) is 4.79 Å². The highest BCUT2D eigenvalue weighted by Gasteiger charge is 2.22. The Balaban J connectivity index is 1.69. The molecule has 0 N–H and O–H groups in total. The lowest BCUT2D eigenvalue weighted by Crippen LogP contribution is -2.36. The summed E-state index contributed by atoms with van der Waals surface area (Å²) in [6, 6.07) is 6.80. The van der Waals surface area contributed by atoms with E-state index in [1.165, 1.54) is 18.2 Å². The van der Waals surface area contributed by atoms with Crippen molar-refractivity contribution in [2.24, 2.45) is 0 Å². The van der Waals surface area contributed by atoms with Gasteiger partial charge < -0.3 is 9.47 Å². The lowest BCUT2D eigenvalue weighted by molar-refractivity contribution is -0.129. The topological polar surface area (TPSA) is 85.2 Å². The first-order valence-corrected chi connectivity index (χ1v) is 12.2. The summed E-state index contributed by atoms with van der Waals surface area (Å²) in [7, 11) is -3.51. The van der Waals surface area contributed by atoms with Crippen LogP contribution in [0.5, 0.6) is 0 Å². The maximum Gasteiger partial charge on any atom is 0.233 e. The number of hydrogen-bond acceptors (Lipinski definition) is 6. The first kappa shape index (κ1) is 20.9. The number of likely N-dealkylation sites (tertiary alicyclic amines) is 1. The van der Waals surface area contributed by atoms with E-state index >= 15 is 0 Å². The quantitative estimate of drug-likeness (QED) is 0.638. The molecule has 1 amide bonds. The van der Waals surface area contributed by atoms with E-state index in [1.807, 2.05) is 18.7 Å². The number of piperidine rings is 1. The SMILES string of the molecule is CCn1c(CS(=O)(=O)c2ccc(C)cc2)nnc1SCC(=O)N1CCCCC1. The summed E-state index contributed by atoms with van der Waals surface area (Å²) in [5.41, 5.74) is 1.01. The van der Waals surface area contributed by atoms with E-state index in [0.717, 1.165) is 31.5 Å². The van der Waals surface area contributed by atoms with Gasteiger partial charge in [-0.2, -0.15) is 0 Å². The van der Waals surface area contributed by atoms with Gasteiger partial charge in [-0.05, 0) is 45.2 Å². The van der Waals surface area contributed by atoms with Crippen molar-refractivity contribution in [3.8, 4) is 0 Å². The number of aryl methyl sites for hydroxylation is 1. The number of benzene rings is 1. The van der Waals surface area contributed by atoms with Crippen molar-refractivity contribution in [2.45, 2.75) is 55.5 Å². The summed E-state index contributed by atoms with van der Waals surface area (Å²) in [6.45, 7) is 6.02. The molecule has 0 aliphatic carbocycles. The van der Waals surface area contributed by atoms with Crippen molar-refractivity contribution in [1.29, 1.82) is 0 Å². The third kappa shape index (κ3) is 4.94. The van der Waals surface area contributed by atoms with Crippen LogP contribution in [0, 0.1) is 6.92 Å². The molecular weight excluding hydrogens is 396 g/mol. The molecule has 1 saturated heterocycles. The molecule has 3 rings (SSSR count). The molecule has 1 aromatic heterocycles. The van der Waals surface area contributed by atoms with Gasteiger partial charge in [0.2, 0.25) is 5.91 Å². The number of carbonyl (C=O) groups is 1. The van der Waals surface area contributed by atoms with E-state index < -0.39 is 9.84 Å². The zero-order chi connectivity index (χ0) is 20.1. The van der Waals surface area contributed by atoms with Crippen LogP contribution in [0.4, 0.5) is 0 Å². The summed E-state index contributed by atoms with van der Waals surface area (Å²) >= 11 is 1.32.